The molecule has 1 aromatic carbocycles. The SMILES string of the molecule is Nc1nc(N)nc(CN2CCCC2c2cccc(Br)c2)n1. The Morgan fingerprint density at radius 1 is 1.19 bits per heavy atom. The lowest BCUT2D eigenvalue weighted by atomic mass is 10.0. The van der Waals surface area contributed by atoms with Gasteiger partial charge in [0, 0.05) is 10.5 Å². The average Bonchev–Trinajstić information content (AvgIpc) is 2.85. The molecule has 1 fully saturated rings. The van der Waals surface area contributed by atoms with E-state index in [2.05, 4.69) is 54.0 Å². The highest BCUT2D eigenvalue weighted by atomic mass is 79.9. The summed E-state index contributed by atoms with van der Waals surface area (Å²) in [6.07, 6.45) is 2.29. The second-order valence-electron chi connectivity index (χ2n) is 5.15. The molecule has 0 spiro atoms. The lowest BCUT2D eigenvalue weighted by Crippen LogP contribution is -2.24. The Hall–Kier alpha value is -1.73. The third-order valence-electron chi connectivity index (χ3n) is 3.66. The molecule has 4 N–H and O–H groups in total. The van der Waals surface area contributed by atoms with E-state index in [1.807, 2.05) is 6.07 Å². The summed E-state index contributed by atoms with van der Waals surface area (Å²) in [6.45, 7) is 1.65. The number of nitrogens with two attached hydrogens (primary N) is 2. The number of anilines is 2. The summed E-state index contributed by atoms with van der Waals surface area (Å²) in [5.41, 5.74) is 12.6. The maximum absolute atomic E-state index is 5.63. The minimum atomic E-state index is 0.177. The summed E-state index contributed by atoms with van der Waals surface area (Å²) < 4.78 is 1.10. The molecule has 0 bridgehead atoms. The number of hydrogen-bond acceptors (Lipinski definition) is 6. The van der Waals surface area contributed by atoms with Gasteiger partial charge in [-0.2, -0.15) is 15.0 Å². The molecule has 2 heterocycles. The predicted molar refractivity (Wildman–Crippen MR) is 85.2 cm³/mol. The lowest BCUT2D eigenvalue weighted by Gasteiger charge is -2.24. The van der Waals surface area contributed by atoms with Crippen LogP contribution in [0.2, 0.25) is 0 Å². The van der Waals surface area contributed by atoms with Crippen LogP contribution in [0.1, 0.15) is 30.3 Å². The van der Waals surface area contributed by atoms with Crippen LogP contribution in [0.4, 0.5) is 11.9 Å². The summed E-state index contributed by atoms with van der Waals surface area (Å²) >= 11 is 3.53. The van der Waals surface area contributed by atoms with Crippen LogP contribution in [0.25, 0.3) is 0 Å². The van der Waals surface area contributed by atoms with Crippen molar-refractivity contribution in [2.75, 3.05) is 18.0 Å². The molecule has 0 saturated carbocycles. The summed E-state index contributed by atoms with van der Waals surface area (Å²) in [5, 5.41) is 0. The van der Waals surface area contributed by atoms with Gasteiger partial charge < -0.3 is 11.5 Å². The third kappa shape index (κ3) is 3.30. The molecule has 1 saturated heterocycles. The molecule has 3 rings (SSSR count). The Labute approximate surface area is 131 Å². The highest BCUT2D eigenvalue weighted by molar-refractivity contribution is 9.10. The number of halogens is 1. The van der Waals surface area contributed by atoms with Crippen molar-refractivity contribution in [3.63, 3.8) is 0 Å². The molecule has 6 nitrogen and oxygen atoms in total. The molecule has 1 aliphatic heterocycles. The third-order valence-corrected chi connectivity index (χ3v) is 4.15. The van der Waals surface area contributed by atoms with Crippen LogP contribution in [-0.4, -0.2) is 26.4 Å². The van der Waals surface area contributed by atoms with E-state index in [9.17, 15) is 0 Å². The Morgan fingerprint density at radius 2 is 1.95 bits per heavy atom. The molecule has 1 aromatic heterocycles. The molecule has 1 aliphatic rings. The summed E-state index contributed by atoms with van der Waals surface area (Å²) in [5.74, 6) is 0.980. The maximum Gasteiger partial charge on any atom is 0.225 e. The fourth-order valence-electron chi connectivity index (χ4n) is 2.82. The molecule has 110 valence electrons. The van der Waals surface area contributed by atoms with Gasteiger partial charge in [-0.05, 0) is 37.1 Å². The van der Waals surface area contributed by atoms with E-state index < -0.39 is 0 Å². The van der Waals surface area contributed by atoms with Gasteiger partial charge in [-0.1, -0.05) is 28.1 Å². The van der Waals surface area contributed by atoms with Crippen LogP contribution < -0.4 is 11.5 Å². The molecular weight excluding hydrogens is 332 g/mol. The van der Waals surface area contributed by atoms with E-state index in [0.717, 1.165) is 23.9 Å². The predicted octanol–water partition coefficient (Wildman–Crippen LogP) is 2.14. The van der Waals surface area contributed by atoms with Gasteiger partial charge in [-0.15, -0.1) is 0 Å². The van der Waals surface area contributed by atoms with Crippen molar-refractivity contribution in [3.05, 3.63) is 40.1 Å². The van der Waals surface area contributed by atoms with E-state index in [0.29, 0.717) is 18.4 Å². The average molecular weight is 349 g/mol. The van der Waals surface area contributed by atoms with Crippen molar-refractivity contribution < 1.29 is 0 Å². The maximum atomic E-state index is 5.63. The molecule has 0 aliphatic carbocycles. The molecule has 0 amide bonds. The number of nitrogens with zero attached hydrogens (tertiary/aromatic N) is 4. The van der Waals surface area contributed by atoms with Gasteiger partial charge in [0.1, 0.15) is 5.82 Å². The largest absolute Gasteiger partial charge is 0.368 e. The summed E-state index contributed by atoms with van der Waals surface area (Å²) in [6, 6.07) is 8.80. The molecule has 1 unspecified atom stereocenters. The van der Waals surface area contributed by atoms with E-state index in [1.54, 1.807) is 0 Å². The Kier molecular flexibility index (Phi) is 4.03. The first-order valence-corrected chi connectivity index (χ1v) is 7.66. The topological polar surface area (TPSA) is 93.9 Å². The zero-order valence-electron chi connectivity index (χ0n) is 11.5. The minimum absolute atomic E-state index is 0.177. The molecule has 7 heteroatoms. The number of likely N-dealkylation sites (tertiary alicyclic amines) is 1. The van der Waals surface area contributed by atoms with Crippen molar-refractivity contribution in [2.45, 2.75) is 25.4 Å². The van der Waals surface area contributed by atoms with Crippen molar-refractivity contribution in [1.82, 2.24) is 19.9 Å². The fourth-order valence-corrected chi connectivity index (χ4v) is 3.23. The Balaban J connectivity index is 1.81. The zero-order valence-corrected chi connectivity index (χ0v) is 13.1. The molecule has 21 heavy (non-hydrogen) atoms. The zero-order chi connectivity index (χ0) is 14.8. The normalized spacial score (nSPS) is 19.0. The van der Waals surface area contributed by atoms with Gasteiger partial charge in [0.2, 0.25) is 11.9 Å². The van der Waals surface area contributed by atoms with Gasteiger partial charge in [-0.3, -0.25) is 4.90 Å². The van der Waals surface area contributed by atoms with E-state index in [1.165, 1.54) is 5.56 Å². The van der Waals surface area contributed by atoms with Gasteiger partial charge in [0.15, 0.2) is 0 Å². The summed E-state index contributed by atoms with van der Waals surface area (Å²) in [4.78, 5) is 14.5. The first-order chi connectivity index (χ1) is 10.1. The van der Waals surface area contributed by atoms with Gasteiger partial charge in [0.25, 0.3) is 0 Å². The molecular formula is C14H17BrN6. The number of aromatic nitrogens is 3. The minimum Gasteiger partial charge on any atom is -0.368 e. The van der Waals surface area contributed by atoms with Gasteiger partial charge in [-0.25, -0.2) is 0 Å². The molecule has 1 atom stereocenters. The quantitative estimate of drug-likeness (QED) is 0.882. The van der Waals surface area contributed by atoms with Gasteiger partial charge in [0.05, 0.1) is 6.54 Å². The number of rotatable bonds is 3. The number of nitrogen functional groups attached to an aromatic ring is 2. The Morgan fingerprint density at radius 3 is 2.67 bits per heavy atom. The monoisotopic (exact) mass is 348 g/mol. The number of benzene rings is 1. The first-order valence-electron chi connectivity index (χ1n) is 6.87. The van der Waals surface area contributed by atoms with E-state index in [4.69, 9.17) is 11.5 Å². The smallest absolute Gasteiger partial charge is 0.225 e. The van der Waals surface area contributed by atoms with Gasteiger partial charge >= 0.3 is 0 Å². The standard InChI is InChI=1S/C14H17BrN6/c15-10-4-1-3-9(7-10)11-5-2-6-21(11)8-12-18-13(16)20-14(17)19-12/h1,3-4,7,11H,2,5-6,8H2,(H4,16,17,18,19,20). The Bertz CT molecular complexity index is 627. The van der Waals surface area contributed by atoms with Crippen molar-refractivity contribution in [3.8, 4) is 0 Å². The summed E-state index contributed by atoms with van der Waals surface area (Å²) in [7, 11) is 0. The molecule has 2 aromatic rings. The van der Waals surface area contributed by atoms with Crippen LogP contribution in [0.3, 0.4) is 0 Å². The number of hydrogen-bond donors (Lipinski definition) is 2. The van der Waals surface area contributed by atoms with Crippen LogP contribution in [-0.2, 0) is 6.54 Å². The van der Waals surface area contributed by atoms with Crippen molar-refractivity contribution >= 4 is 27.8 Å². The van der Waals surface area contributed by atoms with Crippen LogP contribution in [0, 0.1) is 0 Å². The first kappa shape index (κ1) is 14.2. The second kappa shape index (κ2) is 5.95. The molecule has 0 radical (unpaired) electrons. The highest BCUT2D eigenvalue weighted by Gasteiger charge is 2.26. The highest BCUT2D eigenvalue weighted by Crippen LogP contribution is 2.33. The lowest BCUT2D eigenvalue weighted by molar-refractivity contribution is 0.242. The van der Waals surface area contributed by atoms with E-state index in [-0.39, 0.29) is 11.9 Å². The van der Waals surface area contributed by atoms with Crippen LogP contribution >= 0.6 is 15.9 Å². The fraction of sp³-hybridized carbons (Fsp3) is 0.357. The van der Waals surface area contributed by atoms with E-state index >= 15 is 0 Å². The second-order valence-corrected chi connectivity index (χ2v) is 6.07. The van der Waals surface area contributed by atoms with Crippen molar-refractivity contribution in [2.24, 2.45) is 0 Å². The van der Waals surface area contributed by atoms with Crippen molar-refractivity contribution in [1.29, 1.82) is 0 Å². The van der Waals surface area contributed by atoms with Crippen LogP contribution in [0.15, 0.2) is 28.7 Å². The van der Waals surface area contributed by atoms with Crippen LogP contribution in [0.5, 0.6) is 0 Å².